The first-order valence-corrected chi connectivity index (χ1v) is 8.68. The molecule has 0 aliphatic heterocycles. The van der Waals surface area contributed by atoms with Crippen LogP contribution in [0.2, 0.25) is 10.0 Å². The van der Waals surface area contributed by atoms with Gasteiger partial charge in [-0.25, -0.2) is 0 Å². The van der Waals surface area contributed by atoms with Crippen molar-refractivity contribution in [3.05, 3.63) is 69.7 Å². The van der Waals surface area contributed by atoms with E-state index in [4.69, 9.17) is 28.9 Å². The third kappa shape index (κ3) is 2.72. The number of halogens is 2. The van der Waals surface area contributed by atoms with Gasteiger partial charge in [-0.3, -0.25) is 4.79 Å². The van der Waals surface area contributed by atoms with E-state index in [1.165, 1.54) is 0 Å². The van der Waals surface area contributed by atoms with Crippen LogP contribution in [0.3, 0.4) is 0 Å². The second-order valence-electron chi connectivity index (χ2n) is 6.10. The molecule has 0 spiro atoms. The molecule has 0 saturated carbocycles. The molecular weight excluding hydrogens is 371 g/mol. The molecule has 3 aromatic carbocycles. The summed E-state index contributed by atoms with van der Waals surface area (Å²) in [5.74, 6) is -0.522. The molecule has 4 rings (SSSR count). The van der Waals surface area contributed by atoms with Gasteiger partial charge in [-0.2, -0.15) is 0 Å². The van der Waals surface area contributed by atoms with Crippen molar-refractivity contribution in [1.29, 1.82) is 0 Å². The number of aromatic nitrogens is 1. The quantitative estimate of drug-likeness (QED) is 0.470. The van der Waals surface area contributed by atoms with Crippen molar-refractivity contribution in [2.45, 2.75) is 6.61 Å². The van der Waals surface area contributed by atoms with Crippen LogP contribution in [0.25, 0.3) is 32.9 Å². The Morgan fingerprint density at radius 3 is 2.46 bits per heavy atom. The minimum atomic E-state index is -0.522. The lowest BCUT2D eigenvalue weighted by Crippen LogP contribution is -2.11. The van der Waals surface area contributed by atoms with Crippen LogP contribution in [-0.2, 0) is 6.61 Å². The number of nitrogens with two attached hydrogens (primary N) is 1. The molecule has 0 bridgehead atoms. The minimum Gasteiger partial charge on any atom is -0.392 e. The lowest BCUT2D eigenvalue weighted by atomic mass is 9.98. The predicted molar refractivity (Wildman–Crippen MR) is 106 cm³/mol. The summed E-state index contributed by atoms with van der Waals surface area (Å²) < 4.78 is 0. The van der Waals surface area contributed by atoms with E-state index >= 15 is 0 Å². The zero-order chi connectivity index (χ0) is 18.4. The van der Waals surface area contributed by atoms with E-state index < -0.39 is 5.91 Å². The first kappa shape index (κ1) is 16.9. The van der Waals surface area contributed by atoms with Gasteiger partial charge in [-0.1, -0.05) is 41.4 Å². The van der Waals surface area contributed by atoms with Crippen LogP contribution in [0.15, 0.2) is 48.5 Å². The fourth-order valence-electron chi connectivity index (χ4n) is 3.19. The number of rotatable bonds is 3. The smallest absolute Gasteiger partial charge is 0.250 e. The van der Waals surface area contributed by atoms with Crippen molar-refractivity contribution < 1.29 is 9.90 Å². The lowest BCUT2D eigenvalue weighted by molar-refractivity contribution is 0.100. The number of aromatic amines is 1. The summed E-state index contributed by atoms with van der Waals surface area (Å²) in [5.41, 5.74) is 9.95. The molecule has 1 heterocycles. The van der Waals surface area contributed by atoms with Gasteiger partial charge >= 0.3 is 0 Å². The Hall–Kier alpha value is -2.53. The molecule has 1 aromatic heterocycles. The molecule has 1 amide bonds. The van der Waals surface area contributed by atoms with E-state index in [9.17, 15) is 9.90 Å². The van der Waals surface area contributed by atoms with Crippen LogP contribution in [0.4, 0.5) is 0 Å². The summed E-state index contributed by atoms with van der Waals surface area (Å²) in [5, 5.41) is 12.1. The highest BCUT2D eigenvalue weighted by atomic mass is 35.5. The van der Waals surface area contributed by atoms with Crippen molar-refractivity contribution in [2.24, 2.45) is 5.73 Å². The van der Waals surface area contributed by atoms with E-state index in [1.54, 1.807) is 18.2 Å². The van der Waals surface area contributed by atoms with E-state index in [1.807, 2.05) is 30.3 Å². The maximum atomic E-state index is 12.0. The topological polar surface area (TPSA) is 79.1 Å². The zero-order valence-corrected chi connectivity index (χ0v) is 15.0. The maximum absolute atomic E-state index is 12.0. The largest absolute Gasteiger partial charge is 0.392 e. The van der Waals surface area contributed by atoms with Gasteiger partial charge in [0.05, 0.1) is 27.7 Å². The summed E-state index contributed by atoms with van der Waals surface area (Å²) in [6.45, 7) is -0.0531. The van der Waals surface area contributed by atoms with Crippen LogP contribution in [0, 0.1) is 0 Å². The molecule has 0 atom stereocenters. The Balaban J connectivity index is 2.04. The van der Waals surface area contributed by atoms with Crippen molar-refractivity contribution in [1.82, 2.24) is 4.98 Å². The molecule has 4 nitrogen and oxygen atoms in total. The van der Waals surface area contributed by atoms with E-state index in [0.29, 0.717) is 21.1 Å². The van der Waals surface area contributed by atoms with Crippen molar-refractivity contribution in [3.63, 3.8) is 0 Å². The Bertz CT molecular complexity index is 1180. The van der Waals surface area contributed by atoms with Crippen molar-refractivity contribution in [2.75, 3.05) is 0 Å². The first-order valence-electron chi connectivity index (χ1n) is 7.92. The van der Waals surface area contributed by atoms with Gasteiger partial charge < -0.3 is 15.8 Å². The highest BCUT2D eigenvalue weighted by Crippen LogP contribution is 2.35. The van der Waals surface area contributed by atoms with Crippen LogP contribution < -0.4 is 5.73 Å². The Morgan fingerprint density at radius 1 is 0.962 bits per heavy atom. The molecule has 0 aliphatic carbocycles. The standard InChI is InChI=1S/C20H14Cl2N2O2/c21-16-4-2-11(8-17(16)22)12-6-14-13-3-1-10(9-25)5-18(13)24-19(14)15(7-12)20(23)26/h1-8,24-25H,9H2,(H2,23,26). The van der Waals surface area contributed by atoms with E-state index in [-0.39, 0.29) is 6.61 Å². The number of carbonyl (C=O) groups excluding carboxylic acids is 1. The van der Waals surface area contributed by atoms with Crippen molar-refractivity contribution in [3.8, 4) is 11.1 Å². The number of hydrogen-bond acceptors (Lipinski definition) is 2. The maximum Gasteiger partial charge on any atom is 0.250 e. The number of benzene rings is 3. The first-order chi connectivity index (χ1) is 12.5. The van der Waals surface area contributed by atoms with Gasteiger partial charge in [0, 0.05) is 16.3 Å². The summed E-state index contributed by atoms with van der Waals surface area (Å²) in [4.78, 5) is 15.3. The van der Waals surface area contributed by atoms with Crippen LogP contribution in [0.1, 0.15) is 15.9 Å². The molecule has 4 aromatic rings. The third-order valence-corrected chi connectivity index (χ3v) is 5.21. The van der Waals surface area contributed by atoms with Gasteiger partial charge in [-0.15, -0.1) is 0 Å². The van der Waals surface area contributed by atoms with E-state index in [0.717, 1.165) is 33.0 Å². The number of aliphatic hydroxyl groups is 1. The van der Waals surface area contributed by atoms with Gasteiger partial charge in [0.1, 0.15) is 0 Å². The average molecular weight is 385 g/mol. The van der Waals surface area contributed by atoms with Crippen molar-refractivity contribution >= 4 is 50.9 Å². The SMILES string of the molecule is NC(=O)c1cc(-c2ccc(Cl)c(Cl)c2)cc2c1[nH]c1cc(CO)ccc12. The van der Waals surface area contributed by atoms with E-state index in [2.05, 4.69) is 4.98 Å². The number of amides is 1. The average Bonchev–Trinajstić information content (AvgIpc) is 3.00. The van der Waals surface area contributed by atoms with Crippen LogP contribution in [0.5, 0.6) is 0 Å². The molecule has 0 radical (unpaired) electrons. The molecule has 6 heteroatoms. The predicted octanol–water partition coefficient (Wildman–Crippen LogP) is 4.89. The fraction of sp³-hybridized carbons (Fsp3) is 0.0500. The van der Waals surface area contributed by atoms with Crippen LogP contribution in [-0.4, -0.2) is 16.0 Å². The Morgan fingerprint density at radius 2 is 1.77 bits per heavy atom. The Labute approximate surface area is 159 Å². The monoisotopic (exact) mass is 384 g/mol. The summed E-state index contributed by atoms with van der Waals surface area (Å²) in [6.07, 6.45) is 0. The zero-order valence-electron chi connectivity index (χ0n) is 13.5. The number of H-pyrrole nitrogens is 1. The normalized spacial score (nSPS) is 11.3. The van der Waals surface area contributed by atoms with Crippen LogP contribution >= 0.6 is 23.2 Å². The molecule has 0 aliphatic rings. The molecule has 0 saturated heterocycles. The summed E-state index contributed by atoms with van der Waals surface area (Å²) >= 11 is 12.1. The van der Waals surface area contributed by atoms with Gasteiger partial charge in [-0.05, 0) is 47.0 Å². The van der Waals surface area contributed by atoms with Gasteiger partial charge in [0.25, 0.3) is 5.91 Å². The van der Waals surface area contributed by atoms with Gasteiger partial charge in [0.15, 0.2) is 0 Å². The number of carbonyl (C=O) groups is 1. The summed E-state index contributed by atoms with van der Waals surface area (Å²) in [7, 11) is 0. The number of primary amides is 1. The number of hydrogen-bond donors (Lipinski definition) is 3. The molecule has 26 heavy (non-hydrogen) atoms. The molecule has 130 valence electrons. The fourth-order valence-corrected chi connectivity index (χ4v) is 3.49. The lowest BCUT2D eigenvalue weighted by Gasteiger charge is -2.07. The van der Waals surface area contributed by atoms with Gasteiger partial charge in [0.2, 0.25) is 0 Å². The molecule has 0 fully saturated rings. The number of fused-ring (bicyclic) bond motifs is 3. The third-order valence-electron chi connectivity index (χ3n) is 4.47. The second kappa shape index (κ2) is 6.32. The molecule has 0 unspecified atom stereocenters. The minimum absolute atomic E-state index is 0.0531. The second-order valence-corrected chi connectivity index (χ2v) is 6.92. The highest BCUT2D eigenvalue weighted by molar-refractivity contribution is 6.42. The molecule has 4 N–H and O–H groups in total. The summed E-state index contributed by atoms with van der Waals surface area (Å²) in [6, 6.07) is 14.7. The number of aliphatic hydroxyl groups excluding tert-OH is 1. The Kier molecular flexibility index (Phi) is 4.11. The molecular formula is C20H14Cl2N2O2. The highest BCUT2D eigenvalue weighted by Gasteiger charge is 2.15. The number of nitrogens with one attached hydrogen (secondary N) is 1.